The molecular formula is C15H27N3O3. The maximum absolute atomic E-state index is 12.9. The Balaban J connectivity index is 2.12. The lowest BCUT2D eigenvalue weighted by Crippen LogP contribution is -2.59. The SMILES string of the molecule is CCCC(=O)N(C(=O)N1CCNCC1C)C1CCOCC1. The summed E-state index contributed by atoms with van der Waals surface area (Å²) in [6.07, 6.45) is 2.70. The first-order chi connectivity index (χ1) is 10.1. The Labute approximate surface area is 126 Å². The highest BCUT2D eigenvalue weighted by atomic mass is 16.5. The van der Waals surface area contributed by atoms with Crippen molar-refractivity contribution in [3.63, 3.8) is 0 Å². The Morgan fingerprint density at radius 3 is 2.67 bits per heavy atom. The van der Waals surface area contributed by atoms with Crippen LogP contribution in [0.1, 0.15) is 39.5 Å². The van der Waals surface area contributed by atoms with Crippen LogP contribution in [-0.4, -0.2) is 66.7 Å². The number of ether oxygens (including phenoxy) is 1. The van der Waals surface area contributed by atoms with E-state index >= 15 is 0 Å². The normalized spacial score (nSPS) is 23.9. The third kappa shape index (κ3) is 3.95. The third-order valence-corrected chi connectivity index (χ3v) is 4.24. The summed E-state index contributed by atoms with van der Waals surface area (Å²) in [7, 11) is 0. The van der Waals surface area contributed by atoms with Gasteiger partial charge in [-0.3, -0.25) is 9.69 Å². The summed E-state index contributed by atoms with van der Waals surface area (Å²) in [5, 5.41) is 3.27. The Hall–Kier alpha value is -1.14. The first-order valence-electron chi connectivity index (χ1n) is 8.06. The van der Waals surface area contributed by atoms with E-state index in [4.69, 9.17) is 4.74 Å². The van der Waals surface area contributed by atoms with Gasteiger partial charge in [0, 0.05) is 51.4 Å². The van der Waals surface area contributed by atoms with E-state index in [9.17, 15) is 9.59 Å². The predicted molar refractivity (Wildman–Crippen MR) is 80.0 cm³/mol. The van der Waals surface area contributed by atoms with Crippen molar-refractivity contribution in [1.29, 1.82) is 0 Å². The minimum absolute atomic E-state index is 0.00705. The number of piperazine rings is 1. The van der Waals surface area contributed by atoms with E-state index in [2.05, 4.69) is 5.32 Å². The van der Waals surface area contributed by atoms with Gasteiger partial charge in [-0.2, -0.15) is 0 Å². The Bertz CT molecular complexity index is 369. The van der Waals surface area contributed by atoms with Crippen LogP contribution >= 0.6 is 0 Å². The quantitative estimate of drug-likeness (QED) is 0.850. The second-order valence-electron chi connectivity index (χ2n) is 5.89. The van der Waals surface area contributed by atoms with Gasteiger partial charge >= 0.3 is 6.03 Å². The third-order valence-electron chi connectivity index (χ3n) is 4.24. The van der Waals surface area contributed by atoms with Gasteiger partial charge in [-0.05, 0) is 26.2 Å². The molecule has 3 amide bonds. The maximum atomic E-state index is 12.9. The van der Waals surface area contributed by atoms with Gasteiger partial charge in [0.1, 0.15) is 0 Å². The molecule has 0 spiro atoms. The Morgan fingerprint density at radius 2 is 2.05 bits per heavy atom. The number of hydrogen-bond acceptors (Lipinski definition) is 4. The van der Waals surface area contributed by atoms with Gasteiger partial charge in [0.15, 0.2) is 0 Å². The fourth-order valence-electron chi connectivity index (χ4n) is 3.01. The molecule has 0 radical (unpaired) electrons. The summed E-state index contributed by atoms with van der Waals surface area (Å²) in [4.78, 5) is 28.7. The van der Waals surface area contributed by atoms with Crippen molar-refractivity contribution >= 4 is 11.9 Å². The average Bonchev–Trinajstić information content (AvgIpc) is 2.49. The second kappa shape index (κ2) is 7.75. The monoisotopic (exact) mass is 297 g/mol. The Kier molecular flexibility index (Phi) is 5.99. The van der Waals surface area contributed by atoms with Crippen LogP contribution in [0.15, 0.2) is 0 Å². The molecule has 0 aromatic rings. The van der Waals surface area contributed by atoms with Gasteiger partial charge in [0.2, 0.25) is 5.91 Å². The highest BCUT2D eigenvalue weighted by Gasteiger charge is 2.35. The molecule has 120 valence electrons. The molecule has 0 saturated carbocycles. The van der Waals surface area contributed by atoms with Gasteiger partial charge in [-0.1, -0.05) is 6.92 Å². The fraction of sp³-hybridized carbons (Fsp3) is 0.867. The molecule has 6 heteroatoms. The van der Waals surface area contributed by atoms with E-state index in [0.29, 0.717) is 26.2 Å². The molecule has 0 aromatic heterocycles. The molecule has 2 fully saturated rings. The molecule has 2 heterocycles. The predicted octanol–water partition coefficient (Wildman–Crippen LogP) is 1.21. The van der Waals surface area contributed by atoms with Crippen LogP contribution in [0.4, 0.5) is 4.79 Å². The zero-order valence-electron chi connectivity index (χ0n) is 13.1. The topological polar surface area (TPSA) is 61.9 Å². The van der Waals surface area contributed by atoms with E-state index in [-0.39, 0.29) is 24.0 Å². The molecule has 2 rings (SSSR count). The number of nitrogens with zero attached hydrogens (tertiary/aromatic N) is 2. The first kappa shape index (κ1) is 16.2. The summed E-state index contributed by atoms with van der Waals surface area (Å²) in [5.41, 5.74) is 0. The molecule has 21 heavy (non-hydrogen) atoms. The number of carbonyl (C=O) groups is 2. The number of imide groups is 1. The summed E-state index contributed by atoms with van der Waals surface area (Å²) in [6.45, 7) is 7.50. The van der Waals surface area contributed by atoms with Crippen LogP contribution < -0.4 is 5.32 Å². The van der Waals surface area contributed by atoms with Gasteiger partial charge in [-0.15, -0.1) is 0 Å². The smallest absolute Gasteiger partial charge is 0.327 e. The van der Waals surface area contributed by atoms with Crippen molar-refractivity contribution in [2.45, 2.75) is 51.6 Å². The molecule has 0 aromatic carbocycles. The van der Waals surface area contributed by atoms with Gasteiger partial charge in [-0.25, -0.2) is 4.79 Å². The number of hydrogen-bond donors (Lipinski definition) is 1. The molecule has 6 nitrogen and oxygen atoms in total. The molecule has 1 N–H and O–H groups in total. The molecule has 2 aliphatic heterocycles. The second-order valence-corrected chi connectivity index (χ2v) is 5.89. The zero-order valence-corrected chi connectivity index (χ0v) is 13.1. The van der Waals surface area contributed by atoms with Crippen LogP contribution in [0.2, 0.25) is 0 Å². The largest absolute Gasteiger partial charge is 0.381 e. The zero-order chi connectivity index (χ0) is 15.2. The molecule has 2 saturated heterocycles. The number of carbonyl (C=O) groups excluding carboxylic acids is 2. The molecule has 0 bridgehead atoms. The van der Waals surface area contributed by atoms with E-state index in [1.165, 1.54) is 4.90 Å². The lowest BCUT2D eigenvalue weighted by Gasteiger charge is -2.40. The van der Waals surface area contributed by atoms with Crippen molar-refractivity contribution < 1.29 is 14.3 Å². The molecule has 1 atom stereocenters. The van der Waals surface area contributed by atoms with Crippen LogP contribution in [-0.2, 0) is 9.53 Å². The number of urea groups is 1. The Morgan fingerprint density at radius 1 is 1.33 bits per heavy atom. The van der Waals surface area contributed by atoms with Gasteiger partial charge in [0.25, 0.3) is 0 Å². The maximum Gasteiger partial charge on any atom is 0.327 e. The van der Waals surface area contributed by atoms with Crippen molar-refractivity contribution in [2.24, 2.45) is 0 Å². The summed E-state index contributed by atoms with van der Waals surface area (Å²) in [6, 6.07) is 0.00440. The van der Waals surface area contributed by atoms with E-state index in [0.717, 1.165) is 32.4 Å². The summed E-state index contributed by atoms with van der Waals surface area (Å²) < 4.78 is 5.36. The van der Waals surface area contributed by atoms with E-state index in [1.807, 2.05) is 18.7 Å². The van der Waals surface area contributed by atoms with E-state index < -0.39 is 0 Å². The first-order valence-corrected chi connectivity index (χ1v) is 8.06. The van der Waals surface area contributed by atoms with E-state index in [1.54, 1.807) is 0 Å². The van der Waals surface area contributed by atoms with Crippen molar-refractivity contribution in [3.8, 4) is 0 Å². The van der Waals surface area contributed by atoms with Crippen molar-refractivity contribution in [2.75, 3.05) is 32.8 Å². The van der Waals surface area contributed by atoms with Gasteiger partial charge < -0.3 is 15.0 Å². The lowest BCUT2D eigenvalue weighted by atomic mass is 10.1. The number of nitrogens with one attached hydrogen (secondary N) is 1. The highest BCUT2D eigenvalue weighted by Crippen LogP contribution is 2.19. The van der Waals surface area contributed by atoms with Crippen molar-refractivity contribution in [1.82, 2.24) is 15.1 Å². The standard InChI is InChI=1S/C15H27N3O3/c1-3-4-14(19)18(13-5-9-21-10-6-13)15(20)17-8-7-16-11-12(17)2/h12-13,16H,3-11H2,1-2H3. The minimum atomic E-state index is -0.116. The van der Waals surface area contributed by atoms with Gasteiger partial charge in [0.05, 0.1) is 0 Å². The van der Waals surface area contributed by atoms with Crippen LogP contribution in [0.5, 0.6) is 0 Å². The molecule has 0 aliphatic carbocycles. The van der Waals surface area contributed by atoms with Crippen LogP contribution in [0.25, 0.3) is 0 Å². The molecule has 2 aliphatic rings. The van der Waals surface area contributed by atoms with Crippen molar-refractivity contribution in [3.05, 3.63) is 0 Å². The summed E-state index contributed by atoms with van der Waals surface area (Å²) >= 11 is 0. The molecule has 1 unspecified atom stereocenters. The van der Waals surface area contributed by atoms with Crippen LogP contribution in [0.3, 0.4) is 0 Å². The number of amides is 3. The average molecular weight is 297 g/mol. The minimum Gasteiger partial charge on any atom is -0.381 e. The molecular weight excluding hydrogens is 270 g/mol. The number of rotatable bonds is 3. The lowest BCUT2D eigenvalue weighted by molar-refractivity contribution is -0.132. The van der Waals surface area contributed by atoms with Crippen LogP contribution in [0, 0.1) is 0 Å². The highest BCUT2D eigenvalue weighted by molar-refractivity contribution is 5.95. The summed E-state index contributed by atoms with van der Waals surface area (Å²) in [5.74, 6) is -0.0415. The fourth-order valence-corrected chi connectivity index (χ4v) is 3.01.